The van der Waals surface area contributed by atoms with Gasteiger partial charge in [-0.2, -0.15) is 0 Å². The monoisotopic (exact) mass is 282 g/mol. The molecule has 0 amide bonds. The average Bonchev–Trinajstić information content (AvgIpc) is 2.95. The first-order valence-corrected chi connectivity index (χ1v) is 7.10. The molecule has 0 saturated heterocycles. The lowest BCUT2D eigenvalue weighted by Gasteiger charge is -2.14. The molecule has 2 aromatic heterocycles. The van der Waals surface area contributed by atoms with Crippen LogP contribution in [-0.4, -0.2) is 26.1 Å². The maximum absolute atomic E-state index is 5.63. The molecule has 0 radical (unpaired) electrons. The van der Waals surface area contributed by atoms with E-state index in [4.69, 9.17) is 4.74 Å². The van der Waals surface area contributed by atoms with Crippen LogP contribution in [0.15, 0.2) is 43.0 Å². The van der Waals surface area contributed by atoms with Crippen molar-refractivity contribution >= 4 is 11.0 Å². The molecule has 2 heterocycles. The van der Waals surface area contributed by atoms with Crippen molar-refractivity contribution in [2.24, 2.45) is 0 Å². The molecule has 108 valence electrons. The number of aromatic nitrogens is 4. The van der Waals surface area contributed by atoms with Crippen LogP contribution in [0.5, 0.6) is 0 Å². The van der Waals surface area contributed by atoms with Crippen LogP contribution in [-0.2, 0) is 11.3 Å². The third kappa shape index (κ3) is 2.92. The highest BCUT2D eigenvalue weighted by atomic mass is 16.5. The molecule has 0 aliphatic rings. The maximum Gasteiger partial charge on any atom is 0.137 e. The summed E-state index contributed by atoms with van der Waals surface area (Å²) in [5.41, 5.74) is 3.00. The van der Waals surface area contributed by atoms with Crippen LogP contribution < -0.4 is 0 Å². The summed E-state index contributed by atoms with van der Waals surface area (Å²) in [6.45, 7) is 5.44. The Morgan fingerprint density at radius 3 is 2.71 bits per heavy atom. The maximum atomic E-state index is 5.63. The molecule has 3 aromatic rings. The SMILES string of the molecule is CCOC(C)c1nccn1Cc1ccc2nccnc2c1. The van der Waals surface area contributed by atoms with Crippen molar-refractivity contribution in [2.75, 3.05) is 6.61 Å². The van der Waals surface area contributed by atoms with Crippen molar-refractivity contribution in [3.63, 3.8) is 0 Å². The molecular formula is C16H18N4O. The van der Waals surface area contributed by atoms with E-state index in [0.29, 0.717) is 6.61 Å². The predicted octanol–water partition coefficient (Wildman–Crippen LogP) is 2.97. The van der Waals surface area contributed by atoms with Crippen molar-refractivity contribution in [3.05, 3.63) is 54.4 Å². The molecule has 0 spiro atoms. The second-order valence-corrected chi connectivity index (χ2v) is 4.89. The highest BCUT2D eigenvalue weighted by molar-refractivity contribution is 5.74. The summed E-state index contributed by atoms with van der Waals surface area (Å²) in [7, 11) is 0. The molecule has 5 nitrogen and oxygen atoms in total. The van der Waals surface area contributed by atoms with Gasteiger partial charge >= 0.3 is 0 Å². The summed E-state index contributed by atoms with van der Waals surface area (Å²) in [5, 5.41) is 0. The highest BCUT2D eigenvalue weighted by Crippen LogP contribution is 2.17. The fourth-order valence-corrected chi connectivity index (χ4v) is 2.44. The Kier molecular flexibility index (Phi) is 3.92. The molecule has 0 fully saturated rings. The Morgan fingerprint density at radius 1 is 1.10 bits per heavy atom. The number of fused-ring (bicyclic) bond motifs is 1. The van der Waals surface area contributed by atoms with Crippen LogP contribution in [0.1, 0.15) is 31.3 Å². The van der Waals surface area contributed by atoms with Gasteiger partial charge in [0.1, 0.15) is 11.9 Å². The smallest absolute Gasteiger partial charge is 0.137 e. The highest BCUT2D eigenvalue weighted by Gasteiger charge is 2.12. The summed E-state index contributed by atoms with van der Waals surface area (Å²) in [6.07, 6.45) is 7.20. The number of hydrogen-bond donors (Lipinski definition) is 0. The van der Waals surface area contributed by atoms with E-state index in [1.807, 2.05) is 32.3 Å². The van der Waals surface area contributed by atoms with Crippen molar-refractivity contribution in [1.82, 2.24) is 19.5 Å². The predicted molar refractivity (Wildman–Crippen MR) is 80.9 cm³/mol. The van der Waals surface area contributed by atoms with E-state index in [-0.39, 0.29) is 6.10 Å². The minimum atomic E-state index is -0.00903. The van der Waals surface area contributed by atoms with Crippen LogP contribution in [0.3, 0.4) is 0 Å². The molecule has 0 aliphatic carbocycles. The largest absolute Gasteiger partial charge is 0.371 e. The molecule has 0 N–H and O–H groups in total. The Balaban J connectivity index is 1.87. The van der Waals surface area contributed by atoms with E-state index in [9.17, 15) is 0 Å². The molecule has 1 aromatic carbocycles. The van der Waals surface area contributed by atoms with Crippen molar-refractivity contribution in [2.45, 2.75) is 26.5 Å². The average molecular weight is 282 g/mol. The lowest BCUT2D eigenvalue weighted by atomic mass is 10.2. The third-order valence-electron chi connectivity index (χ3n) is 3.41. The summed E-state index contributed by atoms with van der Waals surface area (Å²) in [4.78, 5) is 13.0. The van der Waals surface area contributed by atoms with Crippen molar-refractivity contribution < 1.29 is 4.74 Å². The van der Waals surface area contributed by atoms with Crippen molar-refractivity contribution in [3.8, 4) is 0 Å². The molecule has 1 atom stereocenters. The van der Waals surface area contributed by atoms with E-state index >= 15 is 0 Å². The van der Waals surface area contributed by atoms with E-state index in [1.165, 1.54) is 5.56 Å². The number of imidazole rings is 1. The summed E-state index contributed by atoms with van der Waals surface area (Å²) >= 11 is 0. The molecule has 0 saturated carbocycles. The van der Waals surface area contributed by atoms with Crippen LogP contribution in [0.4, 0.5) is 0 Å². The minimum absolute atomic E-state index is 0.00903. The standard InChI is InChI=1S/C16H18N4O/c1-3-21-12(2)16-19-8-9-20(16)11-13-4-5-14-15(10-13)18-7-6-17-14/h4-10,12H,3,11H2,1-2H3. The van der Waals surface area contributed by atoms with Crippen molar-refractivity contribution in [1.29, 1.82) is 0 Å². The zero-order valence-corrected chi connectivity index (χ0v) is 12.2. The molecule has 5 heteroatoms. The quantitative estimate of drug-likeness (QED) is 0.722. The van der Waals surface area contributed by atoms with E-state index in [1.54, 1.807) is 12.4 Å². The molecule has 1 unspecified atom stereocenters. The topological polar surface area (TPSA) is 52.8 Å². The van der Waals surface area contributed by atoms with Gasteiger partial charge < -0.3 is 9.30 Å². The van der Waals surface area contributed by atoms with Gasteiger partial charge in [-0.1, -0.05) is 6.07 Å². The van der Waals surface area contributed by atoms with Gasteiger partial charge in [0.05, 0.1) is 11.0 Å². The minimum Gasteiger partial charge on any atom is -0.371 e. The first kappa shape index (κ1) is 13.7. The number of nitrogens with zero attached hydrogens (tertiary/aromatic N) is 4. The molecule has 3 rings (SSSR count). The molecule has 0 aliphatic heterocycles. The summed E-state index contributed by atoms with van der Waals surface area (Å²) < 4.78 is 7.74. The van der Waals surface area contributed by atoms with E-state index < -0.39 is 0 Å². The third-order valence-corrected chi connectivity index (χ3v) is 3.41. The number of rotatable bonds is 5. The fraction of sp³-hybridized carbons (Fsp3) is 0.312. The Bertz CT molecular complexity index is 738. The number of hydrogen-bond acceptors (Lipinski definition) is 4. The van der Waals surface area contributed by atoms with Gasteiger partial charge in [-0.25, -0.2) is 4.98 Å². The van der Waals surface area contributed by atoms with Gasteiger partial charge in [0.2, 0.25) is 0 Å². The first-order valence-electron chi connectivity index (χ1n) is 7.10. The summed E-state index contributed by atoms with van der Waals surface area (Å²) in [5.74, 6) is 0.941. The second-order valence-electron chi connectivity index (χ2n) is 4.89. The van der Waals surface area contributed by atoms with Gasteiger partial charge in [-0.3, -0.25) is 9.97 Å². The normalized spacial score (nSPS) is 12.7. The van der Waals surface area contributed by atoms with Gasteiger partial charge in [0.25, 0.3) is 0 Å². The van der Waals surface area contributed by atoms with Crippen LogP contribution in [0.2, 0.25) is 0 Å². The lowest BCUT2D eigenvalue weighted by Crippen LogP contribution is -2.10. The van der Waals surface area contributed by atoms with Crippen LogP contribution in [0, 0.1) is 0 Å². The van der Waals surface area contributed by atoms with Gasteiger partial charge in [0, 0.05) is 37.9 Å². The molecule has 21 heavy (non-hydrogen) atoms. The van der Waals surface area contributed by atoms with Crippen LogP contribution in [0.25, 0.3) is 11.0 Å². The first-order chi connectivity index (χ1) is 10.3. The molecule has 0 bridgehead atoms. The lowest BCUT2D eigenvalue weighted by molar-refractivity contribution is 0.0677. The fourth-order valence-electron chi connectivity index (χ4n) is 2.44. The second kappa shape index (κ2) is 6.01. The van der Waals surface area contributed by atoms with E-state index in [2.05, 4.69) is 31.7 Å². The molecular weight excluding hydrogens is 264 g/mol. The summed E-state index contributed by atoms with van der Waals surface area (Å²) in [6, 6.07) is 6.14. The Labute approximate surface area is 123 Å². The van der Waals surface area contributed by atoms with Gasteiger partial charge in [-0.15, -0.1) is 0 Å². The zero-order chi connectivity index (χ0) is 14.7. The van der Waals surface area contributed by atoms with E-state index in [0.717, 1.165) is 23.4 Å². The van der Waals surface area contributed by atoms with Gasteiger partial charge in [0.15, 0.2) is 0 Å². The number of ether oxygens (including phenoxy) is 1. The zero-order valence-electron chi connectivity index (χ0n) is 12.2. The Hall–Kier alpha value is -2.27. The van der Waals surface area contributed by atoms with Gasteiger partial charge in [-0.05, 0) is 31.5 Å². The van der Waals surface area contributed by atoms with Crippen LogP contribution >= 0.6 is 0 Å². The number of benzene rings is 1. The Morgan fingerprint density at radius 2 is 1.90 bits per heavy atom.